The van der Waals surface area contributed by atoms with Crippen molar-refractivity contribution in [3.05, 3.63) is 35.9 Å². The minimum Gasteiger partial charge on any atom is -0.461 e. The van der Waals surface area contributed by atoms with E-state index in [9.17, 15) is 0 Å². The number of thiocarbonyl (C=S) groups is 1. The van der Waals surface area contributed by atoms with E-state index >= 15 is 0 Å². The molecule has 15 heavy (non-hydrogen) atoms. The molecule has 1 aromatic rings. The lowest BCUT2D eigenvalue weighted by atomic mass is 9.94. The average Bonchev–Trinajstić information content (AvgIpc) is 2.62. The minimum atomic E-state index is 0.0544. The summed E-state index contributed by atoms with van der Waals surface area (Å²) >= 11 is 5.06. The highest BCUT2D eigenvalue weighted by Gasteiger charge is 2.34. The normalized spacial score (nSPS) is 25.1. The molecular formula is C12H15NOS. The van der Waals surface area contributed by atoms with Crippen LogP contribution in [0.5, 0.6) is 0 Å². The monoisotopic (exact) mass is 221 g/mol. The van der Waals surface area contributed by atoms with E-state index in [2.05, 4.69) is 31.3 Å². The van der Waals surface area contributed by atoms with Gasteiger partial charge in [0, 0.05) is 0 Å². The molecule has 0 spiro atoms. The predicted molar refractivity (Wildman–Crippen MR) is 64.6 cm³/mol. The molecule has 1 aliphatic heterocycles. The Kier molecular flexibility index (Phi) is 2.91. The van der Waals surface area contributed by atoms with Crippen LogP contribution in [-0.2, 0) is 4.74 Å². The summed E-state index contributed by atoms with van der Waals surface area (Å²) in [4.78, 5) is 0. The van der Waals surface area contributed by atoms with E-state index in [4.69, 9.17) is 17.0 Å². The van der Waals surface area contributed by atoms with Crippen LogP contribution in [-0.4, -0.2) is 11.2 Å². The lowest BCUT2D eigenvalue weighted by Crippen LogP contribution is -2.32. The van der Waals surface area contributed by atoms with Crippen LogP contribution < -0.4 is 5.32 Å². The van der Waals surface area contributed by atoms with E-state index < -0.39 is 0 Å². The van der Waals surface area contributed by atoms with Gasteiger partial charge in [0.25, 0.3) is 5.17 Å². The van der Waals surface area contributed by atoms with Crippen LogP contribution in [0.15, 0.2) is 30.3 Å². The quantitative estimate of drug-likeness (QED) is 0.776. The van der Waals surface area contributed by atoms with Crippen molar-refractivity contribution in [3.63, 3.8) is 0 Å². The molecular weight excluding hydrogens is 206 g/mol. The third kappa shape index (κ3) is 2.12. The van der Waals surface area contributed by atoms with E-state index in [-0.39, 0.29) is 12.1 Å². The van der Waals surface area contributed by atoms with Crippen molar-refractivity contribution in [2.24, 2.45) is 5.92 Å². The first-order chi connectivity index (χ1) is 7.18. The van der Waals surface area contributed by atoms with Crippen LogP contribution in [0.1, 0.15) is 25.5 Å². The summed E-state index contributed by atoms with van der Waals surface area (Å²) in [6.07, 6.45) is 0.0544. The van der Waals surface area contributed by atoms with E-state index in [0.29, 0.717) is 11.1 Å². The average molecular weight is 221 g/mol. The fourth-order valence-electron chi connectivity index (χ4n) is 1.87. The molecule has 0 aliphatic carbocycles. The van der Waals surface area contributed by atoms with Crippen molar-refractivity contribution in [1.82, 2.24) is 5.32 Å². The van der Waals surface area contributed by atoms with Crippen LogP contribution in [0, 0.1) is 5.92 Å². The van der Waals surface area contributed by atoms with Gasteiger partial charge in [-0.05, 0) is 23.7 Å². The second-order valence-electron chi connectivity index (χ2n) is 4.15. The molecule has 3 heteroatoms. The maximum atomic E-state index is 5.64. The summed E-state index contributed by atoms with van der Waals surface area (Å²) in [5, 5.41) is 3.73. The minimum absolute atomic E-state index is 0.0544. The number of hydrogen-bond donors (Lipinski definition) is 1. The van der Waals surface area contributed by atoms with E-state index in [0.717, 1.165) is 0 Å². The third-order valence-corrected chi connectivity index (χ3v) is 2.91. The molecule has 0 aromatic heterocycles. The fraction of sp³-hybridized carbons (Fsp3) is 0.417. The SMILES string of the molecule is CC(C)[C@H]1NC(=S)OC1c1ccccc1. The second kappa shape index (κ2) is 4.19. The first kappa shape index (κ1) is 10.4. The van der Waals surface area contributed by atoms with Gasteiger partial charge >= 0.3 is 0 Å². The largest absolute Gasteiger partial charge is 0.461 e. The molecule has 1 aliphatic rings. The lowest BCUT2D eigenvalue weighted by molar-refractivity contribution is 0.186. The van der Waals surface area contributed by atoms with E-state index in [1.165, 1.54) is 5.56 Å². The molecule has 1 N–H and O–H groups in total. The molecule has 0 amide bonds. The van der Waals surface area contributed by atoms with Crippen molar-refractivity contribution >= 4 is 17.4 Å². The van der Waals surface area contributed by atoms with Crippen LogP contribution in [0.2, 0.25) is 0 Å². The molecule has 1 unspecified atom stereocenters. The summed E-state index contributed by atoms with van der Waals surface area (Å²) in [5.74, 6) is 0.496. The molecule has 1 fully saturated rings. The number of hydrogen-bond acceptors (Lipinski definition) is 2. The molecule has 0 bridgehead atoms. The zero-order valence-corrected chi connectivity index (χ0v) is 9.75. The molecule has 1 saturated heterocycles. The number of benzene rings is 1. The molecule has 1 aromatic carbocycles. The number of rotatable bonds is 2. The first-order valence-electron chi connectivity index (χ1n) is 5.20. The maximum Gasteiger partial charge on any atom is 0.257 e. The van der Waals surface area contributed by atoms with E-state index in [1.807, 2.05) is 18.2 Å². The van der Waals surface area contributed by atoms with Gasteiger partial charge in [-0.2, -0.15) is 0 Å². The van der Waals surface area contributed by atoms with Gasteiger partial charge in [-0.25, -0.2) is 0 Å². The number of ether oxygens (including phenoxy) is 1. The highest BCUT2D eigenvalue weighted by atomic mass is 32.1. The van der Waals surface area contributed by atoms with Gasteiger partial charge in [0.15, 0.2) is 0 Å². The Balaban J connectivity index is 2.24. The van der Waals surface area contributed by atoms with Crippen molar-refractivity contribution in [2.75, 3.05) is 0 Å². The zero-order chi connectivity index (χ0) is 10.8. The molecule has 80 valence electrons. The Morgan fingerprint density at radius 1 is 1.27 bits per heavy atom. The Morgan fingerprint density at radius 2 is 1.93 bits per heavy atom. The molecule has 1 heterocycles. The Hall–Kier alpha value is -1.09. The highest BCUT2D eigenvalue weighted by molar-refractivity contribution is 7.80. The van der Waals surface area contributed by atoms with Crippen molar-refractivity contribution in [3.8, 4) is 0 Å². The van der Waals surface area contributed by atoms with Gasteiger partial charge in [0.1, 0.15) is 6.10 Å². The van der Waals surface area contributed by atoms with Gasteiger partial charge < -0.3 is 10.1 Å². The summed E-state index contributed by atoms with van der Waals surface area (Å²) in [5.41, 5.74) is 1.18. The van der Waals surface area contributed by atoms with Gasteiger partial charge in [-0.15, -0.1) is 0 Å². The van der Waals surface area contributed by atoms with E-state index in [1.54, 1.807) is 0 Å². The predicted octanol–water partition coefficient (Wildman–Crippen LogP) is 2.66. The van der Waals surface area contributed by atoms with Crippen molar-refractivity contribution < 1.29 is 4.74 Å². The van der Waals surface area contributed by atoms with Gasteiger partial charge in [-0.1, -0.05) is 44.2 Å². The molecule has 0 radical (unpaired) electrons. The Morgan fingerprint density at radius 3 is 2.53 bits per heavy atom. The summed E-state index contributed by atoms with van der Waals surface area (Å²) < 4.78 is 5.64. The smallest absolute Gasteiger partial charge is 0.257 e. The van der Waals surface area contributed by atoms with Gasteiger partial charge in [0.05, 0.1) is 6.04 Å². The molecule has 2 nitrogen and oxygen atoms in total. The second-order valence-corrected chi connectivity index (χ2v) is 4.52. The van der Waals surface area contributed by atoms with Crippen molar-refractivity contribution in [2.45, 2.75) is 26.0 Å². The Bertz CT molecular complexity index is 350. The van der Waals surface area contributed by atoms with Crippen molar-refractivity contribution in [1.29, 1.82) is 0 Å². The van der Waals surface area contributed by atoms with Crippen LogP contribution in [0.4, 0.5) is 0 Å². The molecule has 0 saturated carbocycles. The van der Waals surface area contributed by atoms with Gasteiger partial charge in [-0.3, -0.25) is 0 Å². The molecule has 2 rings (SSSR count). The Labute approximate surface area is 95.6 Å². The third-order valence-electron chi connectivity index (χ3n) is 2.69. The zero-order valence-electron chi connectivity index (χ0n) is 8.94. The van der Waals surface area contributed by atoms with Gasteiger partial charge in [0.2, 0.25) is 0 Å². The maximum absolute atomic E-state index is 5.64. The van der Waals surface area contributed by atoms with Crippen LogP contribution in [0.3, 0.4) is 0 Å². The van der Waals surface area contributed by atoms with Crippen LogP contribution in [0.25, 0.3) is 0 Å². The fourth-order valence-corrected chi connectivity index (χ4v) is 2.11. The first-order valence-corrected chi connectivity index (χ1v) is 5.61. The summed E-state index contributed by atoms with van der Waals surface area (Å²) in [7, 11) is 0. The summed E-state index contributed by atoms with van der Waals surface area (Å²) in [6.45, 7) is 4.34. The standard InChI is InChI=1S/C12H15NOS/c1-8(2)10-11(14-12(15)13-10)9-6-4-3-5-7-9/h3-8,10-11H,1-2H3,(H,13,15)/t10-,11?/m1/s1. The molecule has 2 atom stereocenters. The highest BCUT2D eigenvalue weighted by Crippen LogP contribution is 2.30. The topological polar surface area (TPSA) is 21.3 Å². The lowest BCUT2D eigenvalue weighted by Gasteiger charge is -2.20. The number of nitrogens with one attached hydrogen (secondary N) is 1. The summed E-state index contributed by atoms with van der Waals surface area (Å²) in [6, 6.07) is 10.5. The van der Waals surface area contributed by atoms with Crippen LogP contribution >= 0.6 is 12.2 Å².